The molecule has 1 aromatic carbocycles. The molecule has 1 aromatic rings. The second-order valence-corrected chi connectivity index (χ2v) is 7.77. The van der Waals surface area contributed by atoms with E-state index in [-0.39, 0.29) is 0 Å². The van der Waals surface area contributed by atoms with E-state index in [1.807, 2.05) is 19.1 Å². The first-order chi connectivity index (χ1) is 9.99. The van der Waals surface area contributed by atoms with Crippen LogP contribution in [0.3, 0.4) is 0 Å². The molecule has 0 saturated heterocycles. The molecule has 0 spiro atoms. The average Bonchev–Trinajstić information content (AvgIpc) is 2.42. The molecule has 0 amide bonds. The van der Waals surface area contributed by atoms with Gasteiger partial charge in [0.2, 0.25) is 10.0 Å². The van der Waals surface area contributed by atoms with Gasteiger partial charge in [-0.1, -0.05) is 50.3 Å². The van der Waals surface area contributed by atoms with Crippen LogP contribution < -0.4 is 10.5 Å². The number of hydrogen-bond acceptors (Lipinski definition) is 3. The molecule has 0 aliphatic heterocycles. The summed E-state index contributed by atoms with van der Waals surface area (Å²) in [5, 5.41) is 0. The van der Waals surface area contributed by atoms with Gasteiger partial charge in [0.05, 0.1) is 4.90 Å². The molecule has 1 aliphatic rings. The molecule has 0 unspecified atom stereocenters. The fourth-order valence-electron chi connectivity index (χ4n) is 3.13. The monoisotopic (exact) mass is 310 g/mol. The maximum atomic E-state index is 12.7. The standard InChI is InChI=1S/C16H26N2O2S/c1-14-9-5-6-10-15(14)21(19,20)18-16(13-17)11-7-3-2-4-8-12-16/h5-6,9-10,18H,2-4,7-8,11-13,17H2,1H3. The van der Waals surface area contributed by atoms with Crippen molar-refractivity contribution in [3.05, 3.63) is 29.8 Å². The molecule has 0 bridgehead atoms. The van der Waals surface area contributed by atoms with Crippen LogP contribution in [0.25, 0.3) is 0 Å². The summed E-state index contributed by atoms with van der Waals surface area (Å²) in [5.74, 6) is 0. The summed E-state index contributed by atoms with van der Waals surface area (Å²) in [4.78, 5) is 0.361. The van der Waals surface area contributed by atoms with Crippen LogP contribution in [0.5, 0.6) is 0 Å². The molecule has 0 heterocycles. The molecule has 1 saturated carbocycles. The zero-order valence-corrected chi connectivity index (χ0v) is 13.6. The third-order valence-corrected chi connectivity index (χ3v) is 6.17. The highest BCUT2D eigenvalue weighted by atomic mass is 32.2. The molecule has 118 valence electrons. The zero-order valence-electron chi connectivity index (χ0n) is 12.8. The highest BCUT2D eigenvalue weighted by Gasteiger charge is 2.34. The van der Waals surface area contributed by atoms with Gasteiger partial charge in [0.25, 0.3) is 0 Å². The minimum Gasteiger partial charge on any atom is -0.329 e. The lowest BCUT2D eigenvalue weighted by molar-refractivity contribution is 0.296. The van der Waals surface area contributed by atoms with Gasteiger partial charge >= 0.3 is 0 Å². The fraction of sp³-hybridized carbons (Fsp3) is 0.625. The Kier molecular flexibility index (Phi) is 5.41. The Balaban J connectivity index is 2.25. The Labute approximate surface area is 128 Å². The normalized spacial score (nSPS) is 19.7. The van der Waals surface area contributed by atoms with E-state index >= 15 is 0 Å². The zero-order chi connectivity index (χ0) is 15.3. The number of aryl methyl sites for hydroxylation is 1. The predicted molar refractivity (Wildman–Crippen MR) is 85.6 cm³/mol. The van der Waals surface area contributed by atoms with Gasteiger partial charge < -0.3 is 5.73 Å². The maximum absolute atomic E-state index is 12.7. The van der Waals surface area contributed by atoms with Crippen molar-refractivity contribution in [3.63, 3.8) is 0 Å². The number of hydrogen-bond donors (Lipinski definition) is 2. The van der Waals surface area contributed by atoms with E-state index in [9.17, 15) is 8.42 Å². The number of sulfonamides is 1. The molecule has 1 aliphatic carbocycles. The van der Waals surface area contributed by atoms with Gasteiger partial charge in [0, 0.05) is 12.1 Å². The van der Waals surface area contributed by atoms with E-state index in [4.69, 9.17) is 5.73 Å². The first-order valence-electron chi connectivity index (χ1n) is 7.79. The summed E-state index contributed by atoms with van der Waals surface area (Å²) in [6, 6.07) is 7.09. The van der Waals surface area contributed by atoms with E-state index in [2.05, 4.69) is 4.72 Å². The Morgan fingerprint density at radius 1 is 1.10 bits per heavy atom. The Morgan fingerprint density at radius 2 is 1.67 bits per heavy atom. The highest BCUT2D eigenvalue weighted by molar-refractivity contribution is 7.89. The largest absolute Gasteiger partial charge is 0.329 e. The molecule has 4 nitrogen and oxygen atoms in total. The lowest BCUT2D eigenvalue weighted by Crippen LogP contribution is -2.53. The molecule has 1 fully saturated rings. The topological polar surface area (TPSA) is 72.2 Å². The Bertz CT molecular complexity index is 561. The Hall–Kier alpha value is -0.910. The number of benzene rings is 1. The van der Waals surface area contributed by atoms with Crippen molar-refractivity contribution < 1.29 is 8.42 Å². The smallest absolute Gasteiger partial charge is 0.241 e. The molecule has 0 aromatic heterocycles. The third-order valence-electron chi connectivity index (χ3n) is 4.44. The van der Waals surface area contributed by atoms with Gasteiger partial charge in [0.15, 0.2) is 0 Å². The molecule has 21 heavy (non-hydrogen) atoms. The van der Waals surface area contributed by atoms with E-state index in [1.165, 1.54) is 6.42 Å². The molecule has 0 radical (unpaired) electrons. The van der Waals surface area contributed by atoms with Crippen molar-refractivity contribution in [2.45, 2.75) is 62.3 Å². The Morgan fingerprint density at radius 3 is 2.24 bits per heavy atom. The van der Waals surface area contributed by atoms with E-state index in [0.717, 1.165) is 44.1 Å². The van der Waals surface area contributed by atoms with Gasteiger partial charge in [-0.15, -0.1) is 0 Å². The van der Waals surface area contributed by atoms with E-state index in [1.54, 1.807) is 12.1 Å². The summed E-state index contributed by atoms with van der Waals surface area (Å²) in [7, 11) is -3.52. The van der Waals surface area contributed by atoms with Crippen molar-refractivity contribution in [1.82, 2.24) is 4.72 Å². The maximum Gasteiger partial charge on any atom is 0.241 e. The second-order valence-electron chi connectivity index (χ2n) is 6.12. The first kappa shape index (κ1) is 16.5. The minimum absolute atomic E-state index is 0.359. The van der Waals surface area contributed by atoms with Gasteiger partial charge in [-0.25, -0.2) is 13.1 Å². The molecule has 0 atom stereocenters. The van der Waals surface area contributed by atoms with Crippen molar-refractivity contribution in [1.29, 1.82) is 0 Å². The SMILES string of the molecule is Cc1ccccc1S(=O)(=O)NC1(CN)CCCCCCC1. The van der Waals surface area contributed by atoms with Crippen LogP contribution in [0.1, 0.15) is 50.5 Å². The van der Waals surface area contributed by atoms with Crippen molar-refractivity contribution in [2.24, 2.45) is 5.73 Å². The predicted octanol–water partition coefficient (Wildman–Crippen LogP) is 2.72. The molecular formula is C16H26N2O2S. The van der Waals surface area contributed by atoms with Gasteiger partial charge in [-0.3, -0.25) is 0 Å². The van der Waals surface area contributed by atoms with Crippen LogP contribution in [0.4, 0.5) is 0 Å². The minimum atomic E-state index is -3.52. The molecule has 5 heteroatoms. The van der Waals surface area contributed by atoms with E-state index < -0.39 is 15.6 Å². The molecular weight excluding hydrogens is 284 g/mol. The van der Waals surface area contributed by atoms with Crippen LogP contribution in [0.2, 0.25) is 0 Å². The lowest BCUT2D eigenvalue weighted by Gasteiger charge is -2.35. The van der Waals surface area contributed by atoms with Crippen molar-refractivity contribution in [3.8, 4) is 0 Å². The van der Waals surface area contributed by atoms with Crippen LogP contribution in [0, 0.1) is 6.92 Å². The van der Waals surface area contributed by atoms with Crippen LogP contribution in [-0.4, -0.2) is 20.5 Å². The number of nitrogens with two attached hydrogens (primary N) is 1. The van der Waals surface area contributed by atoms with Gasteiger partial charge in [-0.2, -0.15) is 0 Å². The van der Waals surface area contributed by atoms with Crippen LogP contribution in [-0.2, 0) is 10.0 Å². The molecule has 3 N–H and O–H groups in total. The van der Waals surface area contributed by atoms with Gasteiger partial charge in [-0.05, 0) is 31.4 Å². The average molecular weight is 310 g/mol. The van der Waals surface area contributed by atoms with Crippen LogP contribution in [0.15, 0.2) is 29.2 Å². The fourth-order valence-corrected chi connectivity index (χ4v) is 4.85. The third kappa shape index (κ3) is 4.05. The highest BCUT2D eigenvalue weighted by Crippen LogP contribution is 2.28. The summed E-state index contributed by atoms with van der Waals surface area (Å²) in [6.07, 6.45) is 7.29. The van der Waals surface area contributed by atoms with E-state index in [0.29, 0.717) is 11.4 Å². The lowest BCUT2D eigenvalue weighted by atomic mass is 9.85. The first-order valence-corrected chi connectivity index (χ1v) is 9.27. The number of nitrogens with one attached hydrogen (secondary N) is 1. The molecule has 2 rings (SSSR count). The van der Waals surface area contributed by atoms with Crippen molar-refractivity contribution in [2.75, 3.05) is 6.54 Å². The quantitative estimate of drug-likeness (QED) is 0.898. The van der Waals surface area contributed by atoms with Gasteiger partial charge in [0.1, 0.15) is 0 Å². The summed E-state index contributed by atoms with van der Waals surface area (Å²) < 4.78 is 28.4. The summed E-state index contributed by atoms with van der Waals surface area (Å²) >= 11 is 0. The van der Waals surface area contributed by atoms with Crippen molar-refractivity contribution >= 4 is 10.0 Å². The van der Waals surface area contributed by atoms with Crippen LogP contribution >= 0.6 is 0 Å². The second kappa shape index (κ2) is 6.90. The number of rotatable bonds is 4. The summed E-state index contributed by atoms with van der Waals surface area (Å²) in [6.45, 7) is 2.18. The summed E-state index contributed by atoms with van der Waals surface area (Å²) in [5.41, 5.74) is 6.24.